The molecular weight excluding hydrogens is 1380 g/mol. The number of phosphoric ester groups is 2. The van der Waals surface area contributed by atoms with Gasteiger partial charge in [0.2, 0.25) is 0 Å². The number of unbranched alkanes of at least 4 members (excludes halogenated alkanes) is 17. The van der Waals surface area contributed by atoms with Crippen LogP contribution in [0.15, 0.2) is 182 Å². The lowest BCUT2D eigenvalue weighted by atomic mass is 10.1. The highest BCUT2D eigenvalue weighted by Crippen LogP contribution is 2.45. The zero-order valence-corrected chi connectivity index (χ0v) is 67.3. The number of allylic oxidation sites excluding steroid dienone is 30. The third-order valence-electron chi connectivity index (χ3n) is 15.8. The topological polar surface area (TPSA) is 237 Å². The van der Waals surface area contributed by atoms with Crippen LogP contribution in [0.3, 0.4) is 0 Å². The van der Waals surface area contributed by atoms with Gasteiger partial charge in [0, 0.05) is 25.7 Å². The second-order valence-corrected chi connectivity index (χ2v) is 28.8. The van der Waals surface area contributed by atoms with Crippen molar-refractivity contribution in [3.8, 4) is 0 Å². The lowest BCUT2D eigenvalue weighted by molar-refractivity contribution is -0.161. The molecule has 5 atom stereocenters. The molecule has 0 fully saturated rings. The third-order valence-corrected chi connectivity index (χ3v) is 17.7. The highest BCUT2D eigenvalue weighted by molar-refractivity contribution is 7.47. The van der Waals surface area contributed by atoms with Gasteiger partial charge in [-0.1, -0.05) is 261 Å². The molecule has 0 aromatic rings. The molecule has 0 aliphatic heterocycles. The minimum Gasteiger partial charge on any atom is -0.462 e. The molecule has 5 unspecified atom stereocenters. The number of aliphatic hydroxyl groups is 1. The van der Waals surface area contributed by atoms with Crippen molar-refractivity contribution in [2.75, 3.05) is 39.6 Å². The normalized spacial score (nSPS) is 14.8. The number of hydrogen-bond acceptors (Lipinski definition) is 15. The van der Waals surface area contributed by atoms with Gasteiger partial charge in [-0.2, -0.15) is 0 Å². The van der Waals surface area contributed by atoms with E-state index in [1.165, 1.54) is 19.3 Å². The molecule has 106 heavy (non-hydrogen) atoms. The predicted octanol–water partition coefficient (Wildman–Crippen LogP) is 23.6. The monoisotopic (exact) mass is 1520 g/mol. The van der Waals surface area contributed by atoms with Crippen molar-refractivity contribution in [3.05, 3.63) is 182 Å². The van der Waals surface area contributed by atoms with E-state index >= 15 is 0 Å². The molecule has 0 aliphatic carbocycles. The number of aliphatic hydroxyl groups excluding tert-OH is 1. The van der Waals surface area contributed by atoms with Gasteiger partial charge < -0.3 is 33.8 Å². The van der Waals surface area contributed by atoms with Crippen molar-refractivity contribution in [1.29, 1.82) is 0 Å². The molecule has 0 saturated carbocycles. The Balaban J connectivity index is 5.49. The van der Waals surface area contributed by atoms with Crippen LogP contribution in [0.1, 0.15) is 285 Å². The first-order valence-electron chi connectivity index (χ1n) is 40.0. The van der Waals surface area contributed by atoms with Gasteiger partial charge in [-0.25, -0.2) is 9.13 Å². The summed E-state index contributed by atoms with van der Waals surface area (Å²) >= 11 is 0. The Morgan fingerprint density at radius 1 is 0.274 bits per heavy atom. The molecule has 0 spiro atoms. The third kappa shape index (κ3) is 76.4. The Morgan fingerprint density at radius 3 is 0.774 bits per heavy atom. The van der Waals surface area contributed by atoms with E-state index in [1.54, 1.807) is 0 Å². The van der Waals surface area contributed by atoms with E-state index in [0.717, 1.165) is 180 Å². The van der Waals surface area contributed by atoms with E-state index in [9.17, 15) is 43.2 Å². The Bertz CT molecular complexity index is 2730. The fourth-order valence-corrected chi connectivity index (χ4v) is 11.4. The Labute approximate surface area is 641 Å². The van der Waals surface area contributed by atoms with Crippen LogP contribution in [0.4, 0.5) is 0 Å². The van der Waals surface area contributed by atoms with Crippen molar-refractivity contribution in [3.63, 3.8) is 0 Å². The van der Waals surface area contributed by atoms with Crippen LogP contribution in [0.2, 0.25) is 0 Å². The number of carbonyl (C=O) groups is 4. The van der Waals surface area contributed by atoms with Crippen molar-refractivity contribution >= 4 is 39.5 Å². The SMILES string of the molecule is CC/C=C\C/C=C\C/C=C\C/C=C\CCCCCCC(=O)OC(COC(=O)CCCCCCCC/C=C\C/C=C\C/C=C\CCCCC)COP(=O)(O)OCC(O)COP(=O)(O)OCC(COC(=O)CCCC/C=C\C/C=C\C/C=C\C/C=C\CC)OC(=O)CCCC/C=C\C/C=C\C/C=C\C/C=C\CC. The maximum Gasteiger partial charge on any atom is 0.472 e. The van der Waals surface area contributed by atoms with E-state index in [1.807, 2.05) is 0 Å². The van der Waals surface area contributed by atoms with Crippen LogP contribution in [-0.2, 0) is 65.4 Å². The van der Waals surface area contributed by atoms with Crippen molar-refractivity contribution in [1.82, 2.24) is 0 Å². The molecule has 17 nitrogen and oxygen atoms in total. The molecule has 0 rings (SSSR count). The first-order chi connectivity index (χ1) is 51.7. The number of esters is 4. The zero-order chi connectivity index (χ0) is 77.4. The summed E-state index contributed by atoms with van der Waals surface area (Å²) < 4.78 is 68.5. The summed E-state index contributed by atoms with van der Waals surface area (Å²) in [5.74, 6) is -2.33. The van der Waals surface area contributed by atoms with E-state index < -0.39 is 97.5 Å². The number of rotatable bonds is 73. The largest absolute Gasteiger partial charge is 0.472 e. The van der Waals surface area contributed by atoms with E-state index in [0.29, 0.717) is 32.1 Å². The summed E-state index contributed by atoms with van der Waals surface area (Å²) in [6.45, 7) is 4.34. The summed E-state index contributed by atoms with van der Waals surface area (Å²) in [5.41, 5.74) is 0. The van der Waals surface area contributed by atoms with E-state index in [4.69, 9.17) is 37.0 Å². The van der Waals surface area contributed by atoms with Crippen LogP contribution in [-0.4, -0.2) is 96.7 Å². The van der Waals surface area contributed by atoms with Gasteiger partial charge in [0.05, 0.1) is 26.4 Å². The van der Waals surface area contributed by atoms with Gasteiger partial charge in [-0.3, -0.25) is 37.3 Å². The molecule has 3 N–H and O–H groups in total. The predicted molar refractivity (Wildman–Crippen MR) is 436 cm³/mol. The lowest BCUT2D eigenvalue weighted by Crippen LogP contribution is -2.30. The average Bonchev–Trinajstić information content (AvgIpc) is 0.907. The standard InChI is InChI=1S/C87H140O17P2/c1-5-9-13-17-21-25-29-33-37-39-40-42-45-48-52-56-60-64-68-72-85(90)98-78-83(104-87(92)74-70-66-62-58-54-50-46-41-38-34-30-26-22-18-14-10-6-2)80-102-106(95,96)100-76-81(88)75-99-105(93,94)101-79-82(103-86(91)73-69-65-61-57-53-49-44-36-32-28-24-20-16-12-8-4)77-97-84(89)71-67-63-59-55-51-47-43-35-31-27-23-19-15-11-7-3/h10-12,14-16,21-28,33-38,40,42-44,46,50-51,53,55,57,81-83,88H,5-9,13,17-20,29-32,39,41,45,47-49,52,54,56,58-80H2,1-4H3,(H,93,94)(H,95,96)/b14-10-,15-11-,16-12-,25-21-,26-22-,27-23-,28-24-,37-33-,38-34-,42-40-,43-35-,44-36-,50-46-,55-51-,57-53-. The minimum atomic E-state index is -5.01. The summed E-state index contributed by atoms with van der Waals surface area (Å²) in [7, 11) is -10.0. The molecule has 0 aromatic carbocycles. The zero-order valence-electron chi connectivity index (χ0n) is 65.5. The molecule has 0 aromatic heterocycles. The number of hydrogen-bond donors (Lipinski definition) is 3. The molecular formula is C87H140O17P2. The fourth-order valence-electron chi connectivity index (χ4n) is 9.85. The van der Waals surface area contributed by atoms with Crippen molar-refractivity contribution in [2.24, 2.45) is 0 Å². The fraction of sp³-hybridized carbons (Fsp3) is 0.609. The second-order valence-electron chi connectivity index (χ2n) is 25.9. The van der Waals surface area contributed by atoms with E-state index in [-0.39, 0.29) is 25.7 Å². The average molecular weight is 1520 g/mol. The molecule has 0 radical (unpaired) electrons. The highest BCUT2D eigenvalue weighted by atomic mass is 31.2. The smallest absolute Gasteiger partial charge is 0.462 e. The molecule has 0 amide bonds. The number of carbonyl (C=O) groups excluding carboxylic acids is 4. The van der Waals surface area contributed by atoms with Crippen molar-refractivity contribution in [2.45, 2.75) is 303 Å². The van der Waals surface area contributed by atoms with Crippen LogP contribution in [0.25, 0.3) is 0 Å². The summed E-state index contributed by atoms with van der Waals surface area (Å²) in [5, 5.41) is 10.6. The number of phosphoric acid groups is 2. The molecule has 0 heterocycles. The number of ether oxygens (including phenoxy) is 4. The highest BCUT2D eigenvalue weighted by Gasteiger charge is 2.30. The Hall–Kier alpha value is -5.84. The maximum absolute atomic E-state index is 13.1. The first-order valence-corrected chi connectivity index (χ1v) is 43.0. The maximum atomic E-state index is 13.1. The first kappa shape index (κ1) is 100. The van der Waals surface area contributed by atoms with Crippen LogP contribution in [0.5, 0.6) is 0 Å². The van der Waals surface area contributed by atoms with Gasteiger partial charge in [0.15, 0.2) is 12.2 Å². The second kappa shape index (κ2) is 77.3. The van der Waals surface area contributed by atoms with Gasteiger partial charge in [-0.15, -0.1) is 0 Å². The lowest BCUT2D eigenvalue weighted by Gasteiger charge is -2.21. The summed E-state index contributed by atoms with van der Waals surface area (Å²) in [6, 6.07) is 0. The summed E-state index contributed by atoms with van der Waals surface area (Å²) in [4.78, 5) is 73.1. The van der Waals surface area contributed by atoms with Gasteiger partial charge in [0.25, 0.3) is 0 Å². The molecule has 600 valence electrons. The van der Waals surface area contributed by atoms with Gasteiger partial charge in [-0.05, 0) is 180 Å². The van der Waals surface area contributed by atoms with Gasteiger partial charge >= 0.3 is 39.5 Å². The molecule has 19 heteroatoms. The Morgan fingerprint density at radius 2 is 0.491 bits per heavy atom. The van der Waals surface area contributed by atoms with E-state index in [2.05, 4.69) is 210 Å². The van der Waals surface area contributed by atoms with Crippen LogP contribution >= 0.6 is 15.6 Å². The van der Waals surface area contributed by atoms with Crippen molar-refractivity contribution < 1.29 is 80.2 Å². The Kier molecular flexibility index (Phi) is 73.1. The minimum absolute atomic E-state index is 0.0258. The molecule has 0 bridgehead atoms. The van der Waals surface area contributed by atoms with Gasteiger partial charge in [0.1, 0.15) is 19.3 Å². The van der Waals surface area contributed by atoms with Crippen LogP contribution in [0, 0.1) is 0 Å². The summed E-state index contributed by atoms with van der Waals surface area (Å²) in [6.07, 6.45) is 93.1. The molecule has 0 aliphatic rings. The van der Waals surface area contributed by atoms with Crippen LogP contribution < -0.4 is 0 Å². The molecule has 0 saturated heterocycles. The quantitative estimate of drug-likeness (QED) is 0.0169.